The molecule has 0 spiro atoms. The van der Waals surface area contributed by atoms with E-state index in [4.69, 9.17) is 11.6 Å². The zero-order valence-corrected chi connectivity index (χ0v) is 16.6. The third-order valence-corrected chi connectivity index (χ3v) is 5.64. The minimum atomic E-state index is -0.923. The van der Waals surface area contributed by atoms with Crippen molar-refractivity contribution < 1.29 is 19.2 Å². The summed E-state index contributed by atoms with van der Waals surface area (Å²) < 4.78 is 0. The standard InChI is InChI=1S/C20H24ClN3O4/c1-13-5-2-3-8-16(13)24-19(27)18(26)23(20(24)28)12-17(25)22-10-9-14-6-4-7-15(21)11-14/h4,6-7,11,13,16H,2-3,5,8-10,12H2,1H3,(H,22,25)/t13-,16-/m0/s1. The van der Waals surface area contributed by atoms with E-state index in [2.05, 4.69) is 5.32 Å². The fourth-order valence-electron chi connectivity index (χ4n) is 3.87. The number of amides is 5. The lowest BCUT2D eigenvalue weighted by Crippen LogP contribution is -2.47. The van der Waals surface area contributed by atoms with E-state index in [0.717, 1.165) is 34.6 Å². The Balaban J connectivity index is 1.55. The molecule has 0 unspecified atom stereocenters. The number of halogens is 1. The van der Waals surface area contributed by atoms with Crippen LogP contribution in [-0.4, -0.2) is 52.7 Å². The zero-order valence-electron chi connectivity index (χ0n) is 15.8. The molecule has 0 radical (unpaired) electrons. The molecule has 1 N–H and O–H groups in total. The van der Waals surface area contributed by atoms with Gasteiger partial charge in [0.2, 0.25) is 5.91 Å². The second kappa shape index (κ2) is 8.73. The largest absolute Gasteiger partial charge is 0.354 e. The number of imide groups is 2. The maximum Gasteiger partial charge on any atom is 0.334 e. The Morgan fingerprint density at radius 3 is 2.64 bits per heavy atom. The number of benzene rings is 1. The Bertz CT molecular complexity index is 797. The first-order chi connectivity index (χ1) is 13.4. The van der Waals surface area contributed by atoms with Gasteiger partial charge in [-0.25, -0.2) is 9.69 Å². The molecule has 2 aliphatic rings. The molecular weight excluding hydrogens is 382 g/mol. The molecule has 1 saturated carbocycles. The predicted octanol–water partition coefficient (Wildman–Crippen LogP) is 2.37. The number of rotatable bonds is 6. The maximum atomic E-state index is 12.7. The summed E-state index contributed by atoms with van der Waals surface area (Å²) in [7, 11) is 0. The van der Waals surface area contributed by atoms with Crippen LogP contribution in [0.15, 0.2) is 24.3 Å². The Kier molecular flexibility index (Phi) is 6.34. The average Bonchev–Trinajstić information content (AvgIpc) is 2.86. The van der Waals surface area contributed by atoms with Crippen LogP contribution in [0.4, 0.5) is 4.79 Å². The molecule has 1 heterocycles. The first kappa shape index (κ1) is 20.3. The van der Waals surface area contributed by atoms with Gasteiger partial charge in [0.1, 0.15) is 6.54 Å². The molecule has 28 heavy (non-hydrogen) atoms. The van der Waals surface area contributed by atoms with Crippen LogP contribution < -0.4 is 5.32 Å². The number of nitrogens with zero attached hydrogens (tertiary/aromatic N) is 2. The van der Waals surface area contributed by atoms with E-state index in [1.807, 2.05) is 25.1 Å². The van der Waals surface area contributed by atoms with Crippen molar-refractivity contribution in [3.8, 4) is 0 Å². The van der Waals surface area contributed by atoms with E-state index in [1.54, 1.807) is 6.07 Å². The quantitative estimate of drug-likeness (QED) is 0.581. The van der Waals surface area contributed by atoms with Crippen molar-refractivity contribution in [1.29, 1.82) is 0 Å². The lowest BCUT2D eigenvalue weighted by atomic mass is 9.85. The molecule has 5 amide bonds. The summed E-state index contributed by atoms with van der Waals surface area (Å²) in [6.07, 6.45) is 4.16. The topological polar surface area (TPSA) is 86.8 Å². The molecule has 1 aliphatic carbocycles. The summed E-state index contributed by atoms with van der Waals surface area (Å²) in [5.41, 5.74) is 0.966. The van der Waals surface area contributed by atoms with Gasteiger partial charge in [-0.1, -0.05) is 43.5 Å². The van der Waals surface area contributed by atoms with E-state index in [0.29, 0.717) is 24.4 Å². The van der Waals surface area contributed by atoms with Crippen LogP contribution in [0.1, 0.15) is 38.2 Å². The Morgan fingerprint density at radius 2 is 1.93 bits per heavy atom. The van der Waals surface area contributed by atoms with Crippen molar-refractivity contribution in [2.75, 3.05) is 13.1 Å². The summed E-state index contributed by atoms with van der Waals surface area (Å²) in [6.45, 7) is 1.88. The second-order valence-corrected chi connectivity index (χ2v) is 7.84. The highest BCUT2D eigenvalue weighted by molar-refractivity contribution is 6.45. The molecule has 1 aromatic rings. The van der Waals surface area contributed by atoms with Gasteiger partial charge in [-0.2, -0.15) is 0 Å². The highest BCUT2D eigenvalue weighted by Gasteiger charge is 2.49. The second-order valence-electron chi connectivity index (χ2n) is 7.41. The predicted molar refractivity (Wildman–Crippen MR) is 104 cm³/mol. The normalized spacial score (nSPS) is 22.7. The summed E-state index contributed by atoms with van der Waals surface area (Å²) in [5, 5.41) is 3.30. The average molecular weight is 406 g/mol. The van der Waals surface area contributed by atoms with Crippen LogP contribution in [0.5, 0.6) is 0 Å². The molecule has 7 nitrogen and oxygen atoms in total. The van der Waals surface area contributed by atoms with E-state index in [-0.39, 0.29) is 12.0 Å². The zero-order chi connectivity index (χ0) is 20.3. The van der Waals surface area contributed by atoms with E-state index >= 15 is 0 Å². The van der Waals surface area contributed by atoms with Crippen LogP contribution in [0.3, 0.4) is 0 Å². The minimum absolute atomic E-state index is 0.154. The van der Waals surface area contributed by atoms with Gasteiger partial charge in [-0.3, -0.25) is 19.3 Å². The molecular formula is C20H24ClN3O4. The number of carbonyl (C=O) groups is 4. The molecule has 2 fully saturated rings. The summed E-state index contributed by atoms with van der Waals surface area (Å²) in [6, 6.07) is 6.35. The van der Waals surface area contributed by atoms with Gasteiger partial charge < -0.3 is 5.32 Å². The van der Waals surface area contributed by atoms with Gasteiger partial charge in [0.05, 0.1) is 0 Å². The van der Waals surface area contributed by atoms with Crippen LogP contribution in [0.25, 0.3) is 0 Å². The van der Waals surface area contributed by atoms with Gasteiger partial charge in [-0.15, -0.1) is 0 Å². The number of hydrogen-bond donors (Lipinski definition) is 1. The molecule has 1 aliphatic heterocycles. The molecule has 0 bridgehead atoms. The molecule has 2 atom stereocenters. The molecule has 150 valence electrons. The van der Waals surface area contributed by atoms with Crippen LogP contribution >= 0.6 is 11.6 Å². The number of hydrogen-bond acceptors (Lipinski definition) is 4. The number of urea groups is 1. The lowest BCUT2D eigenvalue weighted by molar-refractivity contribution is -0.145. The van der Waals surface area contributed by atoms with Gasteiger partial charge in [0, 0.05) is 17.6 Å². The lowest BCUT2D eigenvalue weighted by Gasteiger charge is -2.34. The SMILES string of the molecule is C[C@H]1CCCC[C@@H]1N1C(=O)C(=O)N(CC(=O)NCCc2cccc(Cl)c2)C1=O. The van der Waals surface area contributed by atoms with Gasteiger partial charge >= 0.3 is 17.8 Å². The van der Waals surface area contributed by atoms with Crippen molar-refractivity contribution in [2.24, 2.45) is 5.92 Å². The summed E-state index contributed by atoms with van der Waals surface area (Å²) in [4.78, 5) is 51.3. The first-order valence-corrected chi connectivity index (χ1v) is 9.96. The third-order valence-electron chi connectivity index (χ3n) is 5.41. The highest BCUT2D eigenvalue weighted by atomic mass is 35.5. The number of nitrogens with one attached hydrogen (secondary N) is 1. The summed E-state index contributed by atoms with van der Waals surface area (Å²) >= 11 is 5.93. The van der Waals surface area contributed by atoms with E-state index in [1.165, 1.54) is 0 Å². The molecule has 1 aromatic carbocycles. The van der Waals surface area contributed by atoms with Crippen LogP contribution in [0.2, 0.25) is 5.02 Å². The van der Waals surface area contributed by atoms with Gasteiger partial charge in [0.25, 0.3) is 0 Å². The van der Waals surface area contributed by atoms with Crippen LogP contribution in [-0.2, 0) is 20.8 Å². The maximum absolute atomic E-state index is 12.7. The smallest absolute Gasteiger partial charge is 0.334 e. The van der Waals surface area contributed by atoms with Crippen molar-refractivity contribution in [1.82, 2.24) is 15.1 Å². The van der Waals surface area contributed by atoms with Crippen molar-refractivity contribution in [2.45, 2.75) is 45.1 Å². The molecule has 0 aromatic heterocycles. The molecule has 1 saturated heterocycles. The van der Waals surface area contributed by atoms with Crippen LogP contribution in [0, 0.1) is 5.92 Å². The van der Waals surface area contributed by atoms with Gasteiger partial charge in [-0.05, 0) is 42.9 Å². The Morgan fingerprint density at radius 1 is 1.18 bits per heavy atom. The van der Waals surface area contributed by atoms with E-state index < -0.39 is 30.3 Å². The van der Waals surface area contributed by atoms with Gasteiger partial charge in [0.15, 0.2) is 0 Å². The Labute approximate surface area is 169 Å². The fraction of sp³-hybridized carbons (Fsp3) is 0.500. The van der Waals surface area contributed by atoms with Crippen molar-refractivity contribution in [3.63, 3.8) is 0 Å². The first-order valence-electron chi connectivity index (χ1n) is 9.58. The fourth-order valence-corrected chi connectivity index (χ4v) is 4.09. The molecule has 3 rings (SSSR count). The minimum Gasteiger partial charge on any atom is -0.354 e. The monoisotopic (exact) mass is 405 g/mol. The van der Waals surface area contributed by atoms with E-state index in [9.17, 15) is 19.2 Å². The highest BCUT2D eigenvalue weighted by Crippen LogP contribution is 2.31. The summed E-state index contributed by atoms with van der Waals surface area (Å²) in [5.74, 6) is -2.07. The van der Waals surface area contributed by atoms with Crippen molar-refractivity contribution in [3.05, 3.63) is 34.9 Å². The third kappa shape index (κ3) is 4.35. The molecule has 8 heteroatoms. The van der Waals surface area contributed by atoms with Crippen molar-refractivity contribution >= 4 is 35.4 Å². The number of carbonyl (C=O) groups excluding carboxylic acids is 4. The Hall–Kier alpha value is -2.41.